The number of carbonyl (C=O) groups is 1. The quantitative estimate of drug-likeness (QED) is 0.786. The van der Waals surface area contributed by atoms with E-state index in [0.717, 1.165) is 30.5 Å². The molecule has 18 heavy (non-hydrogen) atoms. The summed E-state index contributed by atoms with van der Waals surface area (Å²) in [5.74, 6) is 0.201. The van der Waals surface area contributed by atoms with Gasteiger partial charge in [0.1, 0.15) is 0 Å². The molecule has 0 radical (unpaired) electrons. The van der Waals surface area contributed by atoms with Crippen molar-refractivity contribution in [2.24, 2.45) is 11.3 Å². The number of hydrogen-bond donors (Lipinski definition) is 2. The predicted molar refractivity (Wildman–Crippen MR) is 75.3 cm³/mol. The Labute approximate surface area is 109 Å². The van der Waals surface area contributed by atoms with Crippen LogP contribution in [0.4, 0.5) is 11.4 Å². The van der Waals surface area contributed by atoms with E-state index in [1.165, 1.54) is 0 Å². The average molecular weight is 246 g/mol. The van der Waals surface area contributed by atoms with Gasteiger partial charge < -0.3 is 11.1 Å². The lowest BCUT2D eigenvalue weighted by Gasteiger charge is -2.26. The Morgan fingerprint density at radius 2 is 2.17 bits per heavy atom. The topological polar surface area (TPSA) is 55.1 Å². The van der Waals surface area contributed by atoms with Crippen molar-refractivity contribution in [1.82, 2.24) is 0 Å². The van der Waals surface area contributed by atoms with E-state index in [9.17, 15) is 4.79 Å². The summed E-state index contributed by atoms with van der Waals surface area (Å²) in [6.45, 7) is 6.34. The highest BCUT2D eigenvalue weighted by atomic mass is 16.1. The minimum absolute atomic E-state index is 0.0948. The molecule has 3 N–H and O–H groups in total. The summed E-state index contributed by atoms with van der Waals surface area (Å²) in [5.41, 5.74) is 8.46. The summed E-state index contributed by atoms with van der Waals surface area (Å²) >= 11 is 0. The van der Waals surface area contributed by atoms with Gasteiger partial charge in [-0.3, -0.25) is 4.79 Å². The third kappa shape index (κ3) is 2.50. The Morgan fingerprint density at radius 1 is 1.44 bits per heavy atom. The fraction of sp³-hybridized carbons (Fsp3) is 0.533. The van der Waals surface area contributed by atoms with E-state index in [-0.39, 0.29) is 17.2 Å². The van der Waals surface area contributed by atoms with Crippen LogP contribution in [0.5, 0.6) is 0 Å². The van der Waals surface area contributed by atoms with Crippen LogP contribution in [0.1, 0.15) is 38.7 Å². The van der Waals surface area contributed by atoms with E-state index in [1.807, 2.05) is 25.1 Å². The molecule has 0 saturated heterocycles. The van der Waals surface area contributed by atoms with Crippen molar-refractivity contribution in [2.75, 3.05) is 11.1 Å². The summed E-state index contributed by atoms with van der Waals surface area (Å²) in [6, 6.07) is 5.71. The zero-order valence-corrected chi connectivity index (χ0v) is 11.4. The lowest BCUT2D eigenvalue weighted by molar-refractivity contribution is -0.122. The fourth-order valence-electron chi connectivity index (χ4n) is 2.81. The van der Waals surface area contributed by atoms with Gasteiger partial charge in [-0.1, -0.05) is 26.3 Å². The SMILES string of the molecule is Cc1ccc(N)c(NC(=O)C2CCCC2(C)C)c1. The highest BCUT2D eigenvalue weighted by Gasteiger charge is 2.39. The zero-order valence-electron chi connectivity index (χ0n) is 11.4. The normalized spacial score (nSPS) is 21.8. The second-order valence-electron chi connectivity index (χ2n) is 6.01. The predicted octanol–water partition coefficient (Wildman–Crippen LogP) is 3.34. The maximum absolute atomic E-state index is 12.3. The largest absolute Gasteiger partial charge is 0.397 e. The number of nitrogens with two attached hydrogens (primary N) is 1. The number of hydrogen-bond acceptors (Lipinski definition) is 2. The lowest BCUT2D eigenvalue weighted by Crippen LogP contribution is -2.31. The van der Waals surface area contributed by atoms with E-state index in [2.05, 4.69) is 19.2 Å². The van der Waals surface area contributed by atoms with E-state index in [1.54, 1.807) is 0 Å². The summed E-state index contributed by atoms with van der Waals surface area (Å²) in [7, 11) is 0. The molecule has 1 unspecified atom stereocenters. The van der Waals surface area contributed by atoms with Crippen LogP contribution in [0, 0.1) is 18.3 Å². The van der Waals surface area contributed by atoms with Gasteiger partial charge in [0.15, 0.2) is 0 Å². The van der Waals surface area contributed by atoms with Crippen molar-refractivity contribution in [3.05, 3.63) is 23.8 Å². The molecule has 1 aliphatic rings. The molecule has 1 aliphatic carbocycles. The van der Waals surface area contributed by atoms with Crippen molar-refractivity contribution in [1.29, 1.82) is 0 Å². The summed E-state index contributed by atoms with van der Waals surface area (Å²) in [5, 5.41) is 2.98. The van der Waals surface area contributed by atoms with Gasteiger partial charge in [-0.2, -0.15) is 0 Å². The number of aryl methyl sites for hydroxylation is 1. The van der Waals surface area contributed by atoms with E-state index in [0.29, 0.717) is 5.69 Å². The molecule has 2 rings (SSSR count). The third-order valence-electron chi connectivity index (χ3n) is 4.04. The maximum atomic E-state index is 12.3. The van der Waals surface area contributed by atoms with E-state index >= 15 is 0 Å². The van der Waals surface area contributed by atoms with Gasteiger partial charge in [0.2, 0.25) is 5.91 Å². The Bertz CT molecular complexity index is 466. The number of carbonyl (C=O) groups excluding carboxylic acids is 1. The number of anilines is 2. The Kier molecular flexibility index (Phi) is 3.33. The number of benzene rings is 1. The molecule has 0 aromatic heterocycles. The van der Waals surface area contributed by atoms with Crippen LogP contribution in [0.3, 0.4) is 0 Å². The van der Waals surface area contributed by atoms with Crippen LogP contribution in [-0.2, 0) is 4.79 Å². The molecule has 98 valence electrons. The van der Waals surface area contributed by atoms with Gasteiger partial charge in [0.25, 0.3) is 0 Å². The van der Waals surface area contributed by atoms with Crippen molar-refractivity contribution in [3.63, 3.8) is 0 Å². The lowest BCUT2D eigenvalue weighted by atomic mass is 9.81. The smallest absolute Gasteiger partial charge is 0.228 e. The molecule has 1 fully saturated rings. The van der Waals surface area contributed by atoms with Crippen LogP contribution in [0.2, 0.25) is 0 Å². The minimum Gasteiger partial charge on any atom is -0.397 e. The number of amides is 1. The molecule has 3 nitrogen and oxygen atoms in total. The Morgan fingerprint density at radius 3 is 2.78 bits per heavy atom. The molecule has 0 heterocycles. The van der Waals surface area contributed by atoms with Gasteiger partial charge in [0.05, 0.1) is 11.4 Å². The molecule has 1 saturated carbocycles. The molecular weight excluding hydrogens is 224 g/mol. The molecule has 1 atom stereocenters. The molecule has 3 heteroatoms. The summed E-state index contributed by atoms with van der Waals surface area (Å²) < 4.78 is 0. The molecule has 1 amide bonds. The number of nitrogens with one attached hydrogen (secondary N) is 1. The third-order valence-corrected chi connectivity index (χ3v) is 4.04. The van der Waals surface area contributed by atoms with Crippen molar-refractivity contribution < 1.29 is 4.79 Å². The zero-order chi connectivity index (χ0) is 13.3. The first-order valence-electron chi connectivity index (χ1n) is 6.57. The Balaban J connectivity index is 2.14. The van der Waals surface area contributed by atoms with Crippen molar-refractivity contribution in [3.8, 4) is 0 Å². The molecule has 0 bridgehead atoms. The molecular formula is C15H22N2O. The van der Waals surface area contributed by atoms with Crippen molar-refractivity contribution in [2.45, 2.75) is 40.0 Å². The van der Waals surface area contributed by atoms with Gasteiger partial charge in [-0.05, 0) is 42.9 Å². The van der Waals surface area contributed by atoms with Gasteiger partial charge >= 0.3 is 0 Å². The van der Waals surface area contributed by atoms with Crippen LogP contribution in [0.25, 0.3) is 0 Å². The highest BCUT2D eigenvalue weighted by molar-refractivity contribution is 5.96. The van der Waals surface area contributed by atoms with E-state index in [4.69, 9.17) is 5.73 Å². The first kappa shape index (κ1) is 12.9. The number of nitrogen functional groups attached to an aromatic ring is 1. The maximum Gasteiger partial charge on any atom is 0.228 e. The second-order valence-corrected chi connectivity index (χ2v) is 6.01. The van der Waals surface area contributed by atoms with E-state index < -0.39 is 0 Å². The van der Waals surface area contributed by atoms with Crippen LogP contribution in [-0.4, -0.2) is 5.91 Å². The highest BCUT2D eigenvalue weighted by Crippen LogP contribution is 2.43. The summed E-state index contributed by atoms with van der Waals surface area (Å²) in [6.07, 6.45) is 3.23. The molecule has 1 aromatic carbocycles. The van der Waals surface area contributed by atoms with Crippen LogP contribution < -0.4 is 11.1 Å². The molecule has 0 aliphatic heterocycles. The molecule has 0 spiro atoms. The standard InChI is InChI=1S/C15H22N2O/c1-10-6-7-12(16)13(9-10)17-14(18)11-5-4-8-15(11,2)3/h6-7,9,11H,4-5,8,16H2,1-3H3,(H,17,18). The van der Waals surface area contributed by atoms with Crippen molar-refractivity contribution >= 4 is 17.3 Å². The van der Waals surface area contributed by atoms with Gasteiger partial charge in [0, 0.05) is 5.92 Å². The second kappa shape index (κ2) is 4.63. The van der Waals surface area contributed by atoms with Gasteiger partial charge in [-0.15, -0.1) is 0 Å². The first-order valence-corrected chi connectivity index (χ1v) is 6.57. The van der Waals surface area contributed by atoms with Gasteiger partial charge in [-0.25, -0.2) is 0 Å². The Hall–Kier alpha value is -1.51. The fourth-order valence-corrected chi connectivity index (χ4v) is 2.81. The average Bonchev–Trinajstić information content (AvgIpc) is 2.63. The summed E-state index contributed by atoms with van der Waals surface area (Å²) in [4.78, 5) is 12.3. The first-order chi connectivity index (χ1) is 8.40. The minimum atomic E-state index is 0.0948. The number of rotatable bonds is 2. The molecule has 1 aromatic rings. The van der Waals surface area contributed by atoms with Crippen LogP contribution >= 0.6 is 0 Å². The monoisotopic (exact) mass is 246 g/mol. The van der Waals surface area contributed by atoms with Crippen LogP contribution in [0.15, 0.2) is 18.2 Å².